The van der Waals surface area contributed by atoms with Crippen LogP contribution in [-0.2, 0) is 4.79 Å². The van der Waals surface area contributed by atoms with E-state index in [2.05, 4.69) is 15.6 Å². The van der Waals surface area contributed by atoms with Crippen molar-refractivity contribution in [2.45, 2.75) is 26.3 Å². The molecule has 0 fully saturated rings. The van der Waals surface area contributed by atoms with Gasteiger partial charge in [-0.15, -0.1) is 0 Å². The minimum atomic E-state index is -0.0587. The van der Waals surface area contributed by atoms with E-state index in [1.807, 2.05) is 50.4 Å². The van der Waals surface area contributed by atoms with Crippen LogP contribution in [0.4, 0.5) is 5.69 Å². The lowest BCUT2D eigenvalue weighted by atomic mass is 10.1. The second-order valence-corrected chi connectivity index (χ2v) is 5.65. The lowest BCUT2D eigenvalue weighted by molar-refractivity contribution is -0.116. The Morgan fingerprint density at radius 2 is 2.18 bits per heavy atom. The Kier molecular flexibility index (Phi) is 5.92. The fraction of sp³-hybridized carbons (Fsp3) is 0.294. The van der Waals surface area contributed by atoms with Crippen molar-refractivity contribution in [2.75, 3.05) is 11.9 Å². The molecular formula is C17H20ClN3O. The number of carbonyl (C=O) groups is 1. The highest BCUT2D eigenvalue weighted by atomic mass is 35.5. The van der Waals surface area contributed by atoms with Gasteiger partial charge in [0.05, 0.1) is 10.7 Å². The minimum absolute atomic E-state index is 0.0587. The molecule has 1 unspecified atom stereocenters. The Balaban J connectivity index is 1.78. The van der Waals surface area contributed by atoms with E-state index < -0.39 is 0 Å². The standard InChI is InChI=1S/C17H20ClN3O/c1-12-5-6-16(15(18)10-12)21-17(22)7-9-20-13(2)14-4-3-8-19-11-14/h3-6,8,10-11,13,20H,7,9H2,1-2H3,(H,21,22). The molecule has 0 aliphatic heterocycles. The summed E-state index contributed by atoms with van der Waals surface area (Å²) in [4.78, 5) is 16.0. The number of halogens is 1. The molecule has 5 heteroatoms. The number of nitrogens with one attached hydrogen (secondary N) is 2. The Labute approximate surface area is 135 Å². The van der Waals surface area contributed by atoms with Gasteiger partial charge in [0, 0.05) is 31.4 Å². The number of hydrogen-bond donors (Lipinski definition) is 2. The molecule has 0 aliphatic rings. The summed E-state index contributed by atoms with van der Waals surface area (Å²) in [5.74, 6) is -0.0587. The Bertz CT molecular complexity index is 631. The summed E-state index contributed by atoms with van der Waals surface area (Å²) in [6, 6.07) is 9.64. The van der Waals surface area contributed by atoms with E-state index in [0.29, 0.717) is 23.7 Å². The van der Waals surface area contributed by atoms with Crippen LogP contribution in [0.1, 0.15) is 30.5 Å². The van der Waals surface area contributed by atoms with E-state index in [4.69, 9.17) is 11.6 Å². The zero-order valence-electron chi connectivity index (χ0n) is 12.8. The topological polar surface area (TPSA) is 54.0 Å². The monoisotopic (exact) mass is 317 g/mol. The summed E-state index contributed by atoms with van der Waals surface area (Å²) < 4.78 is 0. The van der Waals surface area contributed by atoms with Gasteiger partial charge >= 0.3 is 0 Å². The molecule has 1 amide bonds. The third kappa shape index (κ3) is 4.83. The van der Waals surface area contributed by atoms with Crippen LogP contribution in [0.15, 0.2) is 42.7 Å². The molecule has 0 saturated carbocycles. The molecule has 1 heterocycles. The van der Waals surface area contributed by atoms with E-state index >= 15 is 0 Å². The van der Waals surface area contributed by atoms with E-state index in [-0.39, 0.29) is 11.9 Å². The number of rotatable bonds is 6. The van der Waals surface area contributed by atoms with Gasteiger partial charge in [0.2, 0.25) is 5.91 Å². The van der Waals surface area contributed by atoms with Gasteiger partial charge in [-0.1, -0.05) is 23.7 Å². The molecule has 2 aromatic rings. The Morgan fingerprint density at radius 3 is 2.86 bits per heavy atom. The molecule has 4 nitrogen and oxygen atoms in total. The zero-order valence-corrected chi connectivity index (χ0v) is 13.5. The summed E-state index contributed by atoms with van der Waals surface area (Å²) in [5, 5.41) is 6.69. The van der Waals surface area contributed by atoms with Crippen LogP contribution in [-0.4, -0.2) is 17.4 Å². The van der Waals surface area contributed by atoms with Crippen molar-refractivity contribution in [1.29, 1.82) is 0 Å². The van der Waals surface area contributed by atoms with Crippen molar-refractivity contribution < 1.29 is 4.79 Å². The summed E-state index contributed by atoms with van der Waals surface area (Å²) in [7, 11) is 0. The Morgan fingerprint density at radius 1 is 1.36 bits per heavy atom. The summed E-state index contributed by atoms with van der Waals surface area (Å²) in [5.41, 5.74) is 2.82. The summed E-state index contributed by atoms with van der Waals surface area (Å²) in [6.07, 6.45) is 3.95. The maximum Gasteiger partial charge on any atom is 0.225 e. The largest absolute Gasteiger partial charge is 0.325 e. The van der Waals surface area contributed by atoms with Gasteiger partial charge in [0.25, 0.3) is 0 Å². The molecule has 2 rings (SSSR count). The molecule has 116 valence electrons. The third-order valence-corrected chi connectivity index (χ3v) is 3.70. The van der Waals surface area contributed by atoms with E-state index in [1.165, 1.54) is 0 Å². The highest BCUT2D eigenvalue weighted by Gasteiger charge is 2.08. The minimum Gasteiger partial charge on any atom is -0.325 e. The summed E-state index contributed by atoms with van der Waals surface area (Å²) >= 11 is 6.10. The average Bonchev–Trinajstić information content (AvgIpc) is 2.51. The number of aromatic nitrogens is 1. The number of nitrogens with zero attached hydrogens (tertiary/aromatic N) is 1. The van der Waals surface area contributed by atoms with Crippen molar-refractivity contribution in [1.82, 2.24) is 10.3 Å². The van der Waals surface area contributed by atoms with Gasteiger partial charge in [-0.05, 0) is 43.2 Å². The van der Waals surface area contributed by atoms with Crippen molar-refractivity contribution in [2.24, 2.45) is 0 Å². The first-order valence-electron chi connectivity index (χ1n) is 7.25. The molecule has 0 spiro atoms. The number of hydrogen-bond acceptors (Lipinski definition) is 3. The zero-order chi connectivity index (χ0) is 15.9. The normalized spacial score (nSPS) is 12.0. The van der Waals surface area contributed by atoms with E-state index in [1.54, 1.807) is 6.20 Å². The first-order chi connectivity index (χ1) is 10.6. The van der Waals surface area contributed by atoms with Gasteiger partial charge in [-0.25, -0.2) is 0 Å². The van der Waals surface area contributed by atoms with Crippen molar-refractivity contribution in [3.8, 4) is 0 Å². The smallest absolute Gasteiger partial charge is 0.225 e. The first kappa shape index (κ1) is 16.5. The Hall–Kier alpha value is -1.91. The fourth-order valence-electron chi connectivity index (χ4n) is 2.09. The highest BCUT2D eigenvalue weighted by Crippen LogP contribution is 2.22. The molecule has 0 saturated heterocycles. The number of aryl methyl sites for hydroxylation is 1. The fourth-order valence-corrected chi connectivity index (χ4v) is 2.37. The number of anilines is 1. The van der Waals surface area contributed by atoms with E-state index in [9.17, 15) is 4.79 Å². The van der Waals surface area contributed by atoms with Gasteiger partial charge in [-0.2, -0.15) is 0 Å². The van der Waals surface area contributed by atoms with Crippen LogP contribution in [0.3, 0.4) is 0 Å². The molecule has 1 atom stereocenters. The third-order valence-electron chi connectivity index (χ3n) is 3.39. The molecular weight excluding hydrogens is 298 g/mol. The summed E-state index contributed by atoms with van der Waals surface area (Å²) in [6.45, 7) is 4.60. The number of carbonyl (C=O) groups excluding carboxylic acids is 1. The maximum absolute atomic E-state index is 11.9. The van der Waals surface area contributed by atoms with Crippen molar-refractivity contribution in [3.05, 3.63) is 58.9 Å². The quantitative estimate of drug-likeness (QED) is 0.853. The average molecular weight is 318 g/mol. The maximum atomic E-state index is 11.9. The van der Waals surface area contributed by atoms with Crippen LogP contribution >= 0.6 is 11.6 Å². The molecule has 2 N–H and O–H groups in total. The lowest BCUT2D eigenvalue weighted by Crippen LogP contribution is -2.24. The van der Waals surface area contributed by atoms with Crippen molar-refractivity contribution >= 4 is 23.2 Å². The van der Waals surface area contributed by atoms with Crippen LogP contribution < -0.4 is 10.6 Å². The molecule has 1 aromatic carbocycles. The number of amides is 1. The second kappa shape index (κ2) is 7.92. The van der Waals surface area contributed by atoms with Crippen LogP contribution in [0.2, 0.25) is 5.02 Å². The predicted octanol–water partition coefficient (Wildman–Crippen LogP) is 3.72. The molecule has 0 bridgehead atoms. The van der Waals surface area contributed by atoms with Crippen LogP contribution in [0.5, 0.6) is 0 Å². The van der Waals surface area contributed by atoms with Crippen molar-refractivity contribution in [3.63, 3.8) is 0 Å². The lowest BCUT2D eigenvalue weighted by Gasteiger charge is -2.14. The molecule has 1 aromatic heterocycles. The van der Waals surface area contributed by atoms with E-state index in [0.717, 1.165) is 11.1 Å². The number of pyridine rings is 1. The molecule has 0 radical (unpaired) electrons. The van der Waals surface area contributed by atoms with Crippen LogP contribution in [0.25, 0.3) is 0 Å². The SMILES string of the molecule is Cc1ccc(NC(=O)CCNC(C)c2cccnc2)c(Cl)c1. The highest BCUT2D eigenvalue weighted by molar-refractivity contribution is 6.33. The van der Waals surface area contributed by atoms with Gasteiger partial charge in [0.15, 0.2) is 0 Å². The molecule has 22 heavy (non-hydrogen) atoms. The number of benzene rings is 1. The van der Waals surface area contributed by atoms with Gasteiger partial charge in [0.1, 0.15) is 0 Å². The molecule has 0 aliphatic carbocycles. The van der Waals surface area contributed by atoms with Crippen LogP contribution in [0, 0.1) is 6.92 Å². The predicted molar refractivity (Wildman–Crippen MR) is 90.1 cm³/mol. The van der Waals surface area contributed by atoms with Gasteiger partial charge < -0.3 is 10.6 Å². The first-order valence-corrected chi connectivity index (χ1v) is 7.63. The van der Waals surface area contributed by atoms with Gasteiger partial charge in [-0.3, -0.25) is 9.78 Å². The second-order valence-electron chi connectivity index (χ2n) is 5.24.